The van der Waals surface area contributed by atoms with Crippen LogP contribution >= 0.6 is 0 Å². The lowest BCUT2D eigenvalue weighted by Crippen LogP contribution is -2.29. The number of unbranched alkanes of at least 4 members (excludes halogenated alkanes) is 1. The van der Waals surface area contributed by atoms with Crippen LogP contribution in [0.3, 0.4) is 0 Å². The molecule has 2 nitrogen and oxygen atoms in total. The highest BCUT2D eigenvalue weighted by atomic mass is 16.5. The smallest absolute Gasteiger partial charge is 0.0949 e. The fraction of sp³-hybridized carbons (Fsp3) is 0.625. The van der Waals surface area contributed by atoms with Crippen molar-refractivity contribution in [2.75, 3.05) is 13.2 Å². The summed E-state index contributed by atoms with van der Waals surface area (Å²) in [5.41, 5.74) is 2.57. The summed E-state index contributed by atoms with van der Waals surface area (Å²) in [7, 11) is 0. The molecular formula is C16H27NO. The van der Waals surface area contributed by atoms with Crippen LogP contribution in [0.4, 0.5) is 0 Å². The topological polar surface area (TPSA) is 21.3 Å². The molecule has 102 valence electrons. The molecule has 1 N–H and O–H groups in total. The van der Waals surface area contributed by atoms with Gasteiger partial charge in [-0.15, -0.1) is 0 Å². The second kappa shape index (κ2) is 8.28. The summed E-state index contributed by atoms with van der Waals surface area (Å²) in [6, 6.07) is 9.11. The standard InChI is InChI=1S/C16H27NO/c1-5-6-10-18-16(12-17-13(2)3)15-9-7-8-14(4)11-15/h7-9,11,13,16-17H,5-6,10,12H2,1-4H3. The number of rotatable bonds is 8. The van der Waals surface area contributed by atoms with Crippen molar-refractivity contribution in [2.24, 2.45) is 0 Å². The van der Waals surface area contributed by atoms with Crippen molar-refractivity contribution in [1.82, 2.24) is 5.32 Å². The summed E-state index contributed by atoms with van der Waals surface area (Å²) in [5, 5.41) is 3.47. The minimum Gasteiger partial charge on any atom is -0.372 e. The van der Waals surface area contributed by atoms with Crippen LogP contribution in [0.1, 0.15) is 50.8 Å². The average molecular weight is 249 g/mol. The molecule has 1 rings (SSSR count). The first kappa shape index (κ1) is 15.2. The van der Waals surface area contributed by atoms with Gasteiger partial charge in [0, 0.05) is 19.2 Å². The van der Waals surface area contributed by atoms with E-state index in [9.17, 15) is 0 Å². The Kier molecular flexibility index (Phi) is 6.99. The zero-order valence-electron chi connectivity index (χ0n) is 12.2. The van der Waals surface area contributed by atoms with E-state index in [0.717, 1.165) is 19.6 Å². The van der Waals surface area contributed by atoms with E-state index >= 15 is 0 Å². The van der Waals surface area contributed by atoms with Gasteiger partial charge in [0.2, 0.25) is 0 Å². The molecule has 0 saturated carbocycles. The summed E-state index contributed by atoms with van der Waals surface area (Å²) in [5.74, 6) is 0. The minimum absolute atomic E-state index is 0.166. The van der Waals surface area contributed by atoms with Gasteiger partial charge in [-0.1, -0.05) is 57.0 Å². The van der Waals surface area contributed by atoms with E-state index in [-0.39, 0.29) is 6.10 Å². The molecule has 2 heteroatoms. The first-order chi connectivity index (χ1) is 8.63. The number of nitrogens with one attached hydrogen (secondary N) is 1. The number of hydrogen-bond acceptors (Lipinski definition) is 2. The van der Waals surface area contributed by atoms with Gasteiger partial charge in [0.1, 0.15) is 0 Å². The van der Waals surface area contributed by atoms with Crippen molar-refractivity contribution >= 4 is 0 Å². The van der Waals surface area contributed by atoms with Gasteiger partial charge in [-0.2, -0.15) is 0 Å². The highest BCUT2D eigenvalue weighted by Gasteiger charge is 2.12. The molecule has 0 aromatic heterocycles. The number of hydrogen-bond donors (Lipinski definition) is 1. The largest absolute Gasteiger partial charge is 0.372 e. The average Bonchev–Trinajstić information content (AvgIpc) is 2.33. The quantitative estimate of drug-likeness (QED) is 0.707. The maximum atomic E-state index is 6.01. The molecule has 0 radical (unpaired) electrons. The first-order valence-corrected chi connectivity index (χ1v) is 7.05. The first-order valence-electron chi connectivity index (χ1n) is 7.05. The van der Waals surface area contributed by atoms with Crippen molar-refractivity contribution in [3.8, 4) is 0 Å². The van der Waals surface area contributed by atoms with E-state index in [2.05, 4.69) is 57.3 Å². The van der Waals surface area contributed by atoms with Gasteiger partial charge in [0.05, 0.1) is 6.10 Å². The van der Waals surface area contributed by atoms with Gasteiger partial charge >= 0.3 is 0 Å². The third kappa shape index (κ3) is 5.65. The van der Waals surface area contributed by atoms with Crippen LogP contribution in [0, 0.1) is 6.92 Å². The van der Waals surface area contributed by atoms with Crippen LogP contribution in [0.2, 0.25) is 0 Å². The summed E-state index contributed by atoms with van der Waals surface area (Å²) in [4.78, 5) is 0. The molecule has 0 aliphatic heterocycles. The second-order valence-electron chi connectivity index (χ2n) is 5.19. The van der Waals surface area contributed by atoms with E-state index < -0.39 is 0 Å². The van der Waals surface area contributed by atoms with Gasteiger partial charge in [0.25, 0.3) is 0 Å². The molecule has 0 bridgehead atoms. The highest BCUT2D eigenvalue weighted by molar-refractivity contribution is 5.24. The lowest BCUT2D eigenvalue weighted by atomic mass is 10.1. The van der Waals surface area contributed by atoms with Crippen molar-refractivity contribution in [2.45, 2.75) is 52.7 Å². The molecule has 1 aromatic carbocycles. The van der Waals surface area contributed by atoms with Crippen LogP contribution in [-0.4, -0.2) is 19.2 Å². The normalized spacial score (nSPS) is 12.9. The van der Waals surface area contributed by atoms with Crippen LogP contribution < -0.4 is 5.32 Å². The van der Waals surface area contributed by atoms with Gasteiger partial charge < -0.3 is 10.1 Å². The summed E-state index contributed by atoms with van der Waals surface area (Å²) in [6.45, 7) is 10.4. The predicted octanol–water partition coefficient (Wildman–Crippen LogP) is 3.85. The SMILES string of the molecule is CCCCOC(CNC(C)C)c1cccc(C)c1. The zero-order chi connectivity index (χ0) is 13.4. The number of aryl methyl sites for hydroxylation is 1. The van der Waals surface area contributed by atoms with Crippen molar-refractivity contribution in [3.63, 3.8) is 0 Å². The van der Waals surface area contributed by atoms with Gasteiger partial charge in [-0.25, -0.2) is 0 Å². The molecule has 0 aliphatic rings. The molecule has 0 fully saturated rings. The molecule has 0 spiro atoms. The Morgan fingerprint density at radius 3 is 2.67 bits per heavy atom. The Hall–Kier alpha value is -0.860. The van der Waals surface area contributed by atoms with E-state index in [1.165, 1.54) is 17.5 Å². The third-order valence-corrected chi connectivity index (χ3v) is 2.94. The van der Waals surface area contributed by atoms with Crippen molar-refractivity contribution < 1.29 is 4.74 Å². The van der Waals surface area contributed by atoms with Crippen LogP contribution in [0.15, 0.2) is 24.3 Å². The van der Waals surface area contributed by atoms with E-state index in [1.807, 2.05) is 0 Å². The fourth-order valence-electron chi connectivity index (χ4n) is 1.86. The van der Waals surface area contributed by atoms with Crippen LogP contribution in [0.5, 0.6) is 0 Å². The Bertz CT molecular complexity index is 336. The molecule has 0 aliphatic carbocycles. The van der Waals surface area contributed by atoms with E-state index in [1.54, 1.807) is 0 Å². The lowest BCUT2D eigenvalue weighted by molar-refractivity contribution is 0.0493. The Morgan fingerprint density at radius 2 is 2.06 bits per heavy atom. The molecule has 1 atom stereocenters. The maximum Gasteiger partial charge on any atom is 0.0949 e. The molecule has 0 heterocycles. The second-order valence-corrected chi connectivity index (χ2v) is 5.19. The maximum absolute atomic E-state index is 6.01. The van der Waals surface area contributed by atoms with Crippen molar-refractivity contribution in [1.29, 1.82) is 0 Å². The highest BCUT2D eigenvalue weighted by Crippen LogP contribution is 2.18. The van der Waals surface area contributed by atoms with Crippen LogP contribution in [0.25, 0.3) is 0 Å². The Labute approximate surface area is 112 Å². The summed E-state index contributed by atoms with van der Waals surface area (Å²) < 4.78 is 6.01. The molecular weight excluding hydrogens is 222 g/mol. The number of ether oxygens (including phenoxy) is 1. The predicted molar refractivity (Wildman–Crippen MR) is 77.9 cm³/mol. The zero-order valence-corrected chi connectivity index (χ0v) is 12.2. The monoisotopic (exact) mass is 249 g/mol. The van der Waals surface area contributed by atoms with Crippen molar-refractivity contribution in [3.05, 3.63) is 35.4 Å². The van der Waals surface area contributed by atoms with E-state index in [0.29, 0.717) is 6.04 Å². The minimum atomic E-state index is 0.166. The molecule has 0 saturated heterocycles. The van der Waals surface area contributed by atoms with Gasteiger partial charge in [-0.3, -0.25) is 0 Å². The van der Waals surface area contributed by atoms with Gasteiger partial charge in [-0.05, 0) is 18.9 Å². The molecule has 18 heavy (non-hydrogen) atoms. The van der Waals surface area contributed by atoms with Gasteiger partial charge in [0.15, 0.2) is 0 Å². The summed E-state index contributed by atoms with van der Waals surface area (Å²) >= 11 is 0. The Morgan fingerprint density at radius 1 is 1.28 bits per heavy atom. The number of benzene rings is 1. The van der Waals surface area contributed by atoms with Crippen LogP contribution in [-0.2, 0) is 4.74 Å². The molecule has 1 unspecified atom stereocenters. The third-order valence-electron chi connectivity index (χ3n) is 2.94. The fourth-order valence-corrected chi connectivity index (χ4v) is 1.86. The summed E-state index contributed by atoms with van der Waals surface area (Å²) in [6.07, 6.45) is 2.47. The Balaban J connectivity index is 2.63. The molecule has 1 aromatic rings. The van der Waals surface area contributed by atoms with E-state index in [4.69, 9.17) is 4.74 Å². The lowest BCUT2D eigenvalue weighted by Gasteiger charge is -2.21. The molecule has 0 amide bonds.